The molecule has 0 saturated carbocycles. The summed E-state index contributed by atoms with van der Waals surface area (Å²) in [6, 6.07) is 10.0. The lowest BCUT2D eigenvalue weighted by atomic mass is 9.96. The van der Waals surface area contributed by atoms with Crippen LogP contribution in [0.4, 0.5) is 0 Å². The van der Waals surface area contributed by atoms with Gasteiger partial charge in [0, 0.05) is 31.5 Å². The summed E-state index contributed by atoms with van der Waals surface area (Å²) in [5, 5.41) is 3.97. The van der Waals surface area contributed by atoms with Gasteiger partial charge in [-0.1, -0.05) is 35.5 Å². The maximum Gasteiger partial charge on any atom is 0.241 e. The van der Waals surface area contributed by atoms with Gasteiger partial charge in [0.1, 0.15) is 11.7 Å². The van der Waals surface area contributed by atoms with Gasteiger partial charge in [-0.2, -0.15) is 4.98 Å². The molecule has 9 heteroatoms. The van der Waals surface area contributed by atoms with Gasteiger partial charge in [-0.25, -0.2) is 15.8 Å². The zero-order valence-corrected chi connectivity index (χ0v) is 15.0. The van der Waals surface area contributed by atoms with Crippen molar-refractivity contribution < 1.29 is 9.32 Å². The summed E-state index contributed by atoms with van der Waals surface area (Å²) < 4.78 is 5.36. The van der Waals surface area contributed by atoms with Crippen LogP contribution in [0.1, 0.15) is 29.8 Å². The van der Waals surface area contributed by atoms with Crippen molar-refractivity contribution in [3.63, 3.8) is 0 Å². The van der Waals surface area contributed by atoms with Gasteiger partial charge < -0.3 is 9.42 Å². The number of rotatable bonds is 4. The maximum atomic E-state index is 12.7. The van der Waals surface area contributed by atoms with Gasteiger partial charge in [-0.15, -0.1) is 0 Å². The van der Waals surface area contributed by atoms with Crippen LogP contribution in [-0.2, 0) is 4.79 Å². The second kappa shape index (κ2) is 7.10. The van der Waals surface area contributed by atoms with E-state index in [0.717, 1.165) is 6.42 Å². The van der Waals surface area contributed by atoms with Crippen LogP contribution in [0.25, 0.3) is 11.5 Å². The SMILES string of the molecule is O=C(C1CC(c2ccccc2)NN1)N1CC(c2nc(-c3cnccn3)no2)C1. The normalized spacial score (nSPS) is 22.2. The Morgan fingerprint density at radius 3 is 2.79 bits per heavy atom. The number of carbonyl (C=O) groups excluding carboxylic acids is 1. The number of nitrogens with zero attached hydrogens (tertiary/aromatic N) is 5. The van der Waals surface area contributed by atoms with Crippen LogP contribution in [0.5, 0.6) is 0 Å². The van der Waals surface area contributed by atoms with Crippen molar-refractivity contribution in [1.29, 1.82) is 0 Å². The minimum atomic E-state index is -0.232. The van der Waals surface area contributed by atoms with E-state index in [9.17, 15) is 4.79 Å². The van der Waals surface area contributed by atoms with Crippen LogP contribution in [0.2, 0.25) is 0 Å². The van der Waals surface area contributed by atoms with E-state index in [-0.39, 0.29) is 23.9 Å². The number of likely N-dealkylation sites (tertiary alicyclic amines) is 1. The average Bonchev–Trinajstić information content (AvgIpc) is 3.38. The smallest absolute Gasteiger partial charge is 0.241 e. The van der Waals surface area contributed by atoms with Gasteiger partial charge in [0.15, 0.2) is 0 Å². The molecule has 2 fully saturated rings. The van der Waals surface area contributed by atoms with E-state index < -0.39 is 0 Å². The predicted molar refractivity (Wildman–Crippen MR) is 98.5 cm³/mol. The van der Waals surface area contributed by atoms with Crippen LogP contribution in [0.3, 0.4) is 0 Å². The molecule has 9 nitrogen and oxygen atoms in total. The van der Waals surface area contributed by atoms with Gasteiger partial charge in [0.2, 0.25) is 17.6 Å². The zero-order valence-electron chi connectivity index (χ0n) is 15.0. The van der Waals surface area contributed by atoms with E-state index in [1.165, 1.54) is 5.56 Å². The van der Waals surface area contributed by atoms with E-state index in [0.29, 0.717) is 30.5 Å². The molecule has 142 valence electrons. The fourth-order valence-corrected chi connectivity index (χ4v) is 3.58. The molecule has 0 bridgehead atoms. The summed E-state index contributed by atoms with van der Waals surface area (Å²) in [5.41, 5.74) is 8.09. The molecule has 5 rings (SSSR count). The Morgan fingerprint density at radius 1 is 1.14 bits per heavy atom. The molecular formula is C19H19N7O2. The van der Waals surface area contributed by atoms with E-state index in [1.54, 1.807) is 18.6 Å². The molecule has 2 N–H and O–H groups in total. The Bertz CT molecular complexity index is 957. The Kier molecular flexibility index (Phi) is 4.30. The van der Waals surface area contributed by atoms with Crippen molar-refractivity contribution in [2.45, 2.75) is 24.4 Å². The largest absolute Gasteiger partial charge is 0.340 e. The molecule has 0 aliphatic carbocycles. The number of hydrazine groups is 1. The standard InChI is InChI=1S/C19H19N7O2/c27-19(15-8-14(23-24-15)12-4-2-1-3-5-12)26-10-13(11-26)18-22-17(25-28-18)16-9-20-6-7-21-16/h1-7,9,13-15,23-24H,8,10-11H2. The van der Waals surface area contributed by atoms with Gasteiger partial charge in [0.05, 0.1) is 12.1 Å². The molecule has 28 heavy (non-hydrogen) atoms. The van der Waals surface area contributed by atoms with Crippen molar-refractivity contribution in [2.24, 2.45) is 0 Å². The first-order valence-corrected chi connectivity index (χ1v) is 9.22. The lowest BCUT2D eigenvalue weighted by molar-refractivity contribution is -0.138. The topological polar surface area (TPSA) is 109 Å². The second-order valence-corrected chi connectivity index (χ2v) is 7.03. The Labute approximate surface area is 161 Å². The van der Waals surface area contributed by atoms with Crippen LogP contribution < -0.4 is 10.9 Å². The van der Waals surface area contributed by atoms with E-state index in [4.69, 9.17) is 4.52 Å². The van der Waals surface area contributed by atoms with Gasteiger partial charge in [-0.05, 0) is 12.0 Å². The molecule has 0 spiro atoms. The summed E-state index contributed by atoms with van der Waals surface area (Å²) in [6.07, 6.45) is 5.49. The lowest BCUT2D eigenvalue weighted by Crippen LogP contribution is -2.54. The molecule has 2 atom stereocenters. The zero-order chi connectivity index (χ0) is 18.9. The summed E-state index contributed by atoms with van der Waals surface area (Å²) in [6.45, 7) is 1.16. The molecule has 1 amide bonds. The average molecular weight is 377 g/mol. The number of benzene rings is 1. The van der Waals surface area contributed by atoms with E-state index >= 15 is 0 Å². The molecule has 0 radical (unpaired) electrons. The molecular weight excluding hydrogens is 358 g/mol. The molecule has 2 saturated heterocycles. The Balaban J connectivity index is 1.17. The number of aromatic nitrogens is 4. The molecule has 2 aliphatic rings. The molecule has 2 aliphatic heterocycles. The minimum Gasteiger partial charge on any atom is -0.340 e. The third-order valence-electron chi connectivity index (χ3n) is 5.18. The monoisotopic (exact) mass is 377 g/mol. The first-order valence-electron chi connectivity index (χ1n) is 9.22. The van der Waals surface area contributed by atoms with Crippen LogP contribution in [0, 0.1) is 0 Å². The van der Waals surface area contributed by atoms with Crippen molar-refractivity contribution in [2.75, 3.05) is 13.1 Å². The van der Waals surface area contributed by atoms with Crippen molar-refractivity contribution in [3.8, 4) is 11.5 Å². The predicted octanol–water partition coefficient (Wildman–Crippen LogP) is 1.06. The quantitative estimate of drug-likeness (QED) is 0.695. The minimum absolute atomic E-state index is 0.0566. The van der Waals surface area contributed by atoms with Crippen LogP contribution in [-0.4, -0.2) is 50.0 Å². The summed E-state index contributed by atoms with van der Waals surface area (Å²) in [4.78, 5) is 27.1. The fourth-order valence-electron chi connectivity index (χ4n) is 3.58. The van der Waals surface area contributed by atoms with E-state index in [2.05, 4.69) is 43.1 Å². The maximum absolute atomic E-state index is 12.7. The number of carbonyl (C=O) groups is 1. The van der Waals surface area contributed by atoms with Gasteiger partial charge in [-0.3, -0.25) is 9.78 Å². The molecule has 4 heterocycles. The highest BCUT2D eigenvalue weighted by molar-refractivity contribution is 5.83. The van der Waals surface area contributed by atoms with Gasteiger partial charge in [0.25, 0.3) is 0 Å². The highest BCUT2D eigenvalue weighted by Gasteiger charge is 2.40. The number of nitrogens with one attached hydrogen (secondary N) is 2. The summed E-state index contributed by atoms with van der Waals surface area (Å²) in [7, 11) is 0. The van der Waals surface area contributed by atoms with Crippen molar-refractivity contribution in [1.82, 2.24) is 35.9 Å². The molecule has 2 aromatic heterocycles. The number of amides is 1. The summed E-state index contributed by atoms with van der Waals surface area (Å²) in [5.74, 6) is 1.10. The van der Waals surface area contributed by atoms with Gasteiger partial charge >= 0.3 is 0 Å². The van der Waals surface area contributed by atoms with E-state index in [1.807, 2.05) is 23.1 Å². The first kappa shape index (κ1) is 17.0. The molecule has 3 aromatic rings. The lowest BCUT2D eigenvalue weighted by Gasteiger charge is -2.38. The van der Waals surface area contributed by atoms with Crippen molar-refractivity contribution >= 4 is 5.91 Å². The third-order valence-corrected chi connectivity index (χ3v) is 5.18. The Morgan fingerprint density at radius 2 is 2.00 bits per heavy atom. The highest BCUT2D eigenvalue weighted by Crippen LogP contribution is 2.30. The molecule has 2 unspecified atom stereocenters. The first-order chi connectivity index (χ1) is 13.8. The Hall–Kier alpha value is -3.17. The third kappa shape index (κ3) is 3.14. The number of hydrogen-bond donors (Lipinski definition) is 2. The van der Waals surface area contributed by atoms with Crippen LogP contribution in [0.15, 0.2) is 53.4 Å². The summed E-state index contributed by atoms with van der Waals surface area (Å²) >= 11 is 0. The van der Waals surface area contributed by atoms with Crippen molar-refractivity contribution in [3.05, 3.63) is 60.4 Å². The number of hydrogen-bond acceptors (Lipinski definition) is 8. The highest BCUT2D eigenvalue weighted by atomic mass is 16.5. The van der Waals surface area contributed by atoms with Crippen LogP contribution >= 0.6 is 0 Å². The second-order valence-electron chi connectivity index (χ2n) is 7.03. The fraction of sp³-hybridized carbons (Fsp3) is 0.316. The molecule has 1 aromatic carbocycles.